The first kappa shape index (κ1) is 16.9. The van der Waals surface area contributed by atoms with Gasteiger partial charge in [0, 0.05) is 19.7 Å². The maximum atomic E-state index is 12.3. The first-order chi connectivity index (χ1) is 9.47. The molecule has 1 aliphatic rings. The topological polar surface area (TPSA) is 93.5 Å². The van der Waals surface area contributed by atoms with Gasteiger partial charge in [-0.25, -0.2) is 0 Å². The lowest BCUT2D eigenvalue weighted by Gasteiger charge is -2.33. The summed E-state index contributed by atoms with van der Waals surface area (Å²) in [6.45, 7) is 4.62. The van der Waals surface area contributed by atoms with Gasteiger partial charge in [0.2, 0.25) is 11.8 Å². The number of hydrogen-bond acceptors (Lipinski definition) is 4. The molecule has 0 saturated heterocycles. The van der Waals surface area contributed by atoms with E-state index in [1.54, 1.807) is 14.0 Å². The number of ether oxygens (including phenoxy) is 1. The van der Waals surface area contributed by atoms with Crippen molar-refractivity contribution in [1.82, 2.24) is 10.6 Å². The van der Waals surface area contributed by atoms with Gasteiger partial charge in [0.1, 0.15) is 6.04 Å². The van der Waals surface area contributed by atoms with Crippen LogP contribution >= 0.6 is 0 Å². The molecule has 0 aromatic rings. The summed E-state index contributed by atoms with van der Waals surface area (Å²) >= 11 is 0. The van der Waals surface area contributed by atoms with Crippen LogP contribution in [0.3, 0.4) is 0 Å². The lowest BCUT2D eigenvalue weighted by atomic mass is 9.76. The lowest BCUT2D eigenvalue weighted by molar-refractivity contribution is -0.133. The van der Waals surface area contributed by atoms with Gasteiger partial charge in [-0.3, -0.25) is 9.59 Å². The Morgan fingerprint density at radius 3 is 2.70 bits per heavy atom. The zero-order valence-electron chi connectivity index (χ0n) is 12.6. The van der Waals surface area contributed by atoms with E-state index in [1.807, 2.05) is 6.92 Å². The number of carbonyl (C=O) groups excluding carboxylic acids is 2. The van der Waals surface area contributed by atoms with Crippen LogP contribution in [0, 0.1) is 11.8 Å². The molecule has 0 aliphatic heterocycles. The van der Waals surface area contributed by atoms with Gasteiger partial charge in [0.15, 0.2) is 0 Å². The summed E-state index contributed by atoms with van der Waals surface area (Å²) in [6, 6.07) is -0.664. The molecule has 0 heterocycles. The van der Waals surface area contributed by atoms with Crippen LogP contribution in [0.1, 0.15) is 33.1 Å². The Bertz CT molecular complexity index is 326. The molecular formula is C14H27N3O3. The van der Waals surface area contributed by atoms with E-state index in [1.165, 1.54) is 0 Å². The molecule has 4 unspecified atom stereocenters. The van der Waals surface area contributed by atoms with Crippen molar-refractivity contribution < 1.29 is 14.3 Å². The summed E-state index contributed by atoms with van der Waals surface area (Å²) < 4.78 is 4.86. The molecule has 0 spiro atoms. The van der Waals surface area contributed by atoms with E-state index in [0.717, 1.165) is 19.3 Å². The second-order valence-corrected chi connectivity index (χ2v) is 5.61. The van der Waals surface area contributed by atoms with E-state index in [4.69, 9.17) is 10.5 Å². The highest BCUT2D eigenvalue weighted by Crippen LogP contribution is 2.29. The minimum Gasteiger partial charge on any atom is -0.383 e. The van der Waals surface area contributed by atoms with Crippen molar-refractivity contribution in [2.45, 2.75) is 45.2 Å². The van der Waals surface area contributed by atoms with Gasteiger partial charge < -0.3 is 21.1 Å². The summed E-state index contributed by atoms with van der Waals surface area (Å²) in [6.07, 6.45) is 2.95. The number of hydrogen-bond donors (Lipinski definition) is 3. The molecular weight excluding hydrogens is 258 g/mol. The first-order valence-electron chi connectivity index (χ1n) is 7.30. The number of rotatable bonds is 6. The van der Waals surface area contributed by atoms with Crippen molar-refractivity contribution in [1.29, 1.82) is 0 Å². The fourth-order valence-corrected chi connectivity index (χ4v) is 2.71. The van der Waals surface area contributed by atoms with Crippen LogP contribution in [0.2, 0.25) is 0 Å². The number of carbonyl (C=O) groups is 2. The molecule has 6 heteroatoms. The average molecular weight is 285 g/mol. The third-order valence-corrected chi connectivity index (χ3v) is 3.93. The van der Waals surface area contributed by atoms with Gasteiger partial charge in [0.25, 0.3) is 0 Å². The minimum absolute atomic E-state index is 0.109. The van der Waals surface area contributed by atoms with E-state index < -0.39 is 6.04 Å². The smallest absolute Gasteiger partial charge is 0.242 e. The average Bonchev–Trinajstić information content (AvgIpc) is 2.38. The highest BCUT2D eigenvalue weighted by atomic mass is 16.5. The predicted octanol–water partition coefficient (Wildman–Crippen LogP) is 0.0172. The number of nitrogens with one attached hydrogen (secondary N) is 2. The molecule has 0 aromatic heterocycles. The van der Waals surface area contributed by atoms with Crippen molar-refractivity contribution in [3.8, 4) is 0 Å². The molecule has 1 rings (SSSR count). The van der Waals surface area contributed by atoms with Crippen molar-refractivity contribution >= 4 is 11.8 Å². The molecule has 0 bridgehead atoms. The zero-order chi connectivity index (χ0) is 15.1. The zero-order valence-corrected chi connectivity index (χ0v) is 12.6. The van der Waals surface area contributed by atoms with Crippen LogP contribution in [0.15, 0.2) is 0 Å². The summed E-state index contributed by atoms with van der Waals surface area (Å²) in [7, 11) is 1.57. The molecule has 116 valence electrons. The summed E-state index contributed by atoms with van der Waals surface area (Å²) in [5.41, 5.74) is 6.04. The number of amides is 2. The Balaban J connectivity index is 2.45. The van der Waals surface area contributed by atoms with E-state index in [2.05, 4.69) is 10.6 Å². The summed E-state index contributed by atoms with van der Waals surface area (Å²) in [4.78, 5) is 24.1. The van der Waals surface area contributed by atoms with E-state index in [-0.39, 0.29) is 29.7 Å². The Kier molecular flexibility index (Phi) is 6.95. The monoisotopic (exact) mass is 285 g/mol. The fourth-order valence-electron chi connectivity index (χ4n) is 2.71. The van der Waals surface area contributed by atoms with Crippen LogP contribution in [0.4, 0.5) is 0 Å². The van der Waals surface area contributed by atoms with Gasteiger partial charge in [-0.2, -0.15) is 0 Å². The summed E-state index contributed by atoms with van der Waals surface area (Å²) in [5, 5.41) is 5.47. The molecule has 6 nitrogen and oxygen atoms in total. The second-order valence-electron chi connectivity index (χ2n) is 5.61. The maximum absolute atomic E-state index is 12.3. The molecule has 20 heavy (non-hydrogen) atoms. The molecule has 0 radical (unpaired) electrons. The molecule has 4 atom stereocenters. The van der Waals surface area contributed by atoms with Gasteiger partial charge in [0.05, 0.1) is 12.5 Å². The molecule has 2 amide bonds. The van der Waals surface area contributed by atoms with E-state index in [9.17, 15) is 9.59 Å². The normalized spacial score (nSPS) is 27.7. The van der Waals surface area contributed by atoms with Gasteiger partial charge in [-0.05, 0) is 25.7 Å². The third kappa shape index (κ3) is 4.76. The van der Waals surface area contributed by atoms with Crippen LogP contribution < -0.4 is 16.4 Å². The predicted molar refractivity (Wildman–Crippen MR) is 77.0 cm³/mol. The molecule has 1 saturated carbocycles. The number of methoxy groups -OCH3 is 1. The lowest BCUT2D eigenvalue weighted by Crippen LogP contribution is -2.52. The Morgan fingerprint density at radius 1 is 1.40 bits per heavy atom. The third-order valence-electron chi connectivity index (χ3n) is 3.93. The minimum atomic E-state index is -0.555. The van der Waals surface area contributed by atoms with Crippen molar-refractivity contribution in [3.63, 3.8) is 0 Å². The fraction of sp³-hybridized carbons (Fsp3) is 0.857. The molecule has 4 N–H and O–H groups in total. The quantitative estimate of drug-likeness (QED) is 0.600. The van der Waals surface area contributed by atoms with Crippen LogP contribution in [-0.4, -0.2) is 44.2 Å². The highest BCUT2D eigenvalue weighted by Gasteiger charge is 2.34. The second kappa shape index (κ2) is 8.21. The molecule has 0 aromatic carbocycles. The van der Waals surface area contributed by atoms with Crippen molar-refractivity contribution in [2.24, 2.45) is 17.6 Å². The summed E-state index contributed by atoms with van der Waals surface area (Å²) in [5.74, 6) is -0.244. The standard InChI is InChI=1S/C14H27N3O3/c1-9-5-4-6-11(15)12(9)14(19)17-10(2)13(18)16-7-8-20-3/h9-12H,4-8,15H2,1-3H3,(H,16,18)(H,17,19). The van der Waals surface area contributed by atoms with Crippen molar-refractivity contribution in [3.05, 3.63) is 0 Å². The maximum Gasteiger partial charge on any atom is 0.242 e. The largest absolute Gasteiger partial charge is 0.383 e. The van der Waals surface area contributed by atoms with E-state index in [0.29, 0.717) is 13.2 Å². The van der Waals surface area contributed by atoms with Gasteiger partial charge in [-0.15, -0.1) is 0 Å². The van der Waals surface area contributed by atoms with Crippen LogP contribution in [0.5, 0.6) is 0 Å². The van der Waals surface area contributed by atoms with Crippen LogP contribution in [-0.2, 0) is 14.3 Å². The SMILES string of the molecule is COCCNC(=O)C(C)NC(=O)C1C(C)CCCC1N. The molecule has 1 aliphatic carbocycles. The Labute approximate surface area is 120 Å². The van der Waals surface area contributed by atoms with Crippen LogP contribution in [0.25, 0.3) is 0 Å². The van der Waals surface area contributed by atoms with Gasteiger partial charge in [-0.1, -0.05) is 13.3 Å². The Morgan fingerprint density at radius 2 is 2.10 bits per heavy atom. The Hall–Kier alpha value is -1.14. The molecule has 1 fully saturated rings. The van der Waals surface area contributed by atoms with Gasteiger partial charge >= 0.3 is 0 Å². The van der Waals surface area contributed by atoms with E-state index >= 15 is 0 Å². The number of nitrogens with two attached hydrogens (primary N) is 1. The van der Waals surface area contributed by atoms with Crippen molar-refractivity contribution in [2.75, 3.05) is 20.3 Å². The first-order valence-corrected chi connectivity index (χ1v) is 7.30. The highest BCUT2D eigenvalue weighted by molar-refractivity contribution is 5.88.